The van der Waals surface area contributed by atoms with Crippen molar-refractivity contribution in [3.63, 3.8) is 0 Å². The van der Waals surface area contributed by atoms with Crippen LogP contribution in [0.5, 0.6) is 0 Å². The maximum absolute atomic E-state index is 3.40. The number of hydrogen-bond acceptors (Lipinski definition) is 0. The molecule has 1 heteroatoms. The van der Waals surface area contributed by atoms with Gasteiger partial charge in [0, 0.05) is 0 Å². The molecule has 0 aliphatic heterocycles. The molecule has 4 aromatic carbocycles. The van der Waals surface area contributed by atoms with E-state index in [0.717, 1.165) is 0 Å². The molecule has 1 atom stereocenters. The molecule has 184 valence electrons. The molecule has 0 N–H and O–H groups in total. The molecule has 4 aromatic rings. The van der Waals surface area contributed by atoms with Gasteiger partial charge in [-0.2, -0.15) is 11.6 Å². The normalized spacial score (nSPS) is 14.7. The van der Waals surface area contributed by atoms with Gasteiger partial charge in [-0.25, -0.2) is 6.08 Å². The van der Waals surface area contributed by atoms with Crippen molar-refractivity contribution < 1.29 is 24.2 Å². The minimum Gasteiger partial charge on any atom is -0.126 e. The first-order chi connectivity index (χ1) is 17.1. The van der Waals surface area contributed by atoms with Crippen LogP contribution in [0.4, 0.5) is 0 Å². The molecule has 1 aliphatic carbocycles. The second-order valence-corrected chi connectivity index (χ2v) is 12.7. The smallest absolute Gasteiger partial charge is 0.0469 e. The quantitative estimate of drug-likeness (QED) is 0.222. The summed E-state index contributed by atoms with van der Waals surface area (Å²) < 4.78 is 1.46. The van der Waals surface area contributed by atoms with Gasteiger partial charge in [0.25, 0.3) is 0 Å². The molecule has 0 radical (unpaired) electrons. The van der Waals surface area contributed by atoms with Crippen molar-refractivity contribution in [1.29, 1.82) is 0 Å². The van der Waals surface area contributed by atoms with Crippen LogP contribution in [0.3, 0.4) is 0 Å². The predicted octanol–water partition coefficient (Wildman–Crippen LogP) is 9.85. The van der Waals surface area contributed by atoms with E-state index in [4.69, 9.17) is 0 Å². The van der Waals surface area contributed by atoms with Gasteiger partial charge in [0.15, 0.2) is 0 Å². The van der Waals surface area contributed by atoms with E-state index < -0.39 is 0 Å². The predicted molar refractivity (Wildman–Crippen MR) is 156 cm³/mol. The fourth-order valence-corrected chi connectivity index (χ4v) is 4.81. The Labute approximate surface area is 233 Å². The van der Waals surface area contributed by atoms with Crippen LogP contribution in [0.2, 0.25) is 0 Å². The molecule has 36 heavy (non-hydrogen) atoms. The first kappa shape index (κ1) is 28.3. The molecular weight excluding hydrogens is 512 g/mol. The van der Waals surface area contributed by atoms with Gasteiger partial charge >= 0.3 is 70.3 Å². The van der Waals surface area contributed by atoms with E-state index in [1.807, 2.05) is 6.07 Å². The molecule has 0 nitrogen and oxygen atoms in total. The number of benzene rings is 3. The second kappa shape index (κ2) is 12.8. The first-order valence-electron chi connectivity index (χ1n) is 13.1. The topological polar surface area (TPSA) is 0 Å². The Morgan fingerprint density at radius 2 is 1.44 bits per heavy atom. The van der Waals surface area contributed by atoms with E-state index in [9.17, 15) is 0 Å². The molecule has 1 unspecified atom stereocenters. The van der Waals surface area contributed by atoms with E-state index in [-0.39, 0.29) is 0 Å². The largest absolute Gasteiger partial charge is 0.126 e. The maximum atomic E-state index is 3.40. The second-order valence-electron chi connectivity index (χ2n) is 10.9. The summed E-state index contributed by atoms with van der Waals surface area (Å²) in [6, 6.07) is 26.1. The molecule has 0 fully saturated rings. The minimum atomic E-state index is 0.301. The van der Waals surface area contributed by atoms with Crippen molar-refractivity contribution >= 4 is 24.8 Å². The van der Waals surface area contributed by atoms with Crippen LogP contribution in [-0.2, 0) is 24.2 Å². The molecule has 0 amide bonds. The van der Waals surface area contributed by atoms with Crippen LogP contribution < -0.4 is 0 Å². The van der Waals surface area contributed by atoms with Gasteiger partial charge in [-0.05, 0) is 13.8 Å². The van der Waals surface area contributed by atoms with Crippen LogP contribution in [0, 0.1) is 31.3 Å². The minimum absolute atomic E-state index is 0.301. The van der Waals surface area contributed by atoms with Crippen LogP contribution in [0.15, 0.2) is 90.5 Å². The summed E-state index contributed by atoms with van der Waals surface area (Å²) in [6.45, 7) is 15.4. The van der Waals surface area contributed by atoms with Crippen LogP contribution >= 0.6 is 0 Å². The van der Waals surface area contributed by atoms with Gasteiger partial charge in [-0.3, -0.25) is 6.08 Å². The van der Waals surface area contributed by atoms with E-state index in [2.05, 4.69) is 133 Å². The van der Waals surface area contributed by atoms with Gasteiger partial charge in [0.05, 0.1) is 0 Å². The Morgan fingerprint density at radius 3 is 1.86 bits per heavy atom. The van der Waals surface area contributed by atoms with Crippen molar-refractivity contribution in [1.82, 2.24) is 0 Å². The van der Waals surface area contributed by atoms with Crippen molar-refractivity contribution in [3.05, 3.63) is 113 Å². The summed E-state index contributed by atoms with van der Waals surface area (Å²) in [7, 11) is 0. The first-order valence-corrected chi connectivity index (χ1v) is 14.3. The average molecular weight is 552 g/mol. The Bertz CT molecular complexity index is 1300. The Hall–Kier alpha value is -2.24. The molecule has 0 saturated carbocycles. The number of fused-ring (bicyclic) bond motifs is 3. The number of hydrogen-bond donors (Lipinski definition) is 0. The molecule has 0 heterocycles. The van der Waals surface area contributed by atoms with Gasteiger partial charge in [0.2, 0.25) is 0 Å². The van der Waals surface area contributed by atoms with Crippen LogP contribution in [0.1, 0.15) is 64.2 Å². The number of aryl methyl sites for hydroxylation is 2. The number of allylic oxidation sites excluding steroid dienone is 4. The van der Waals surface area contributed by atoms with Gasteiger partial charge in [0.1, 0.15) is 0 Å². The molecule has 0 bridgehead atoms. The SMILES string of the molecule is CCCC1[C-]=CC(C(C)(C)C)=C1.C[C](=[Zr+2])c1ccccc1.Cc1ccc2c(c1)[cH-]c1cc(C)ccc12. The van der Waals surface area contributed by atoms with E-state index in [0.29, 0.717) is 11.3 Å². The van der Waals surface area contributed by atoms with Gasteiger partial charge in [-0.15, -0.1) is 39.7 Å². The third kappa shape index (κ3) is 7.88. The van der Waals surface area contributed by atoms with E-state index in [1.54, 1.807) is 0 Å². The Balaban J connectivity index is 0.000000156. The zero-order chi connectivity index (χ0) is 26.3. The summed E-state index contributed by atoms with van der Waals surface area (Å²) in [6.07, 6.45) is 10.4. The number of rotatable bonds is 3. The molecule has 1 aliphatic rings. The van der Waals surface area contributed by atoms with Gasteiger partial charge < -0.3 is 0 Å². The van der Waals surface area contributed by atoms with E-state index >= 15 is 0 Å². The van der Waals surface area contributed by atoms with Crippen molar-refractivity contribution in [2.45, 2.75) is 61.3 Å². The van der Waals surface area contributed by atoms with E-state index in [1.165, 1.54) is 84.1 Å². The molecular formula is C35H40Zr. The third-order valence-electron chi connectivity index (χ3n) is 6.52. The summed E-state index contributed by atoms with van der Waals surface area (Å²) in [5.41, 5.74) is 5.77. The summed E-state index contributed by atoms with van der Waals surface area (Å²) >= 11 is 1.51. The fraction of sp³-hybridized carbons (Fsp3) is 0.314. The van der Waals surface area contributed by atoms with Crippen molar-refractivity contribution in [2.24, 2.45) is 11.3 Å². The zero-order valence-electron chi connectivity index (χ0n) is 23.1. The average Bonchev–Trinajstić information content (AvgIpc) is 3.44. The Morgan fingerprint density at radius 1 is 0.889 bits per heavy atom. The standard InChI is InChI=1S/C15H13.C12H19.C8H8.Zr/c1-10-3-5-14-12(7-10)9-13-8-11(2)4-6-15(13)14;1-5-6-10-7-8-11(9-10)12(2,3)4;1-2-8-6-4-3-5-7-8;/h3-9H,1-2H3;8-10H,5-6H2,1-4H3;3-7H,1H3;/q2*-1;;+2. The maximum Gasteiger partial charge on any atom is -0.0469 e. The molecule has 5 rings (SSSR count). The zero-order valence-corrected chi connectivity index (χ0v) is 25.5. The summed E-state index contributed by atoms with van der Waals surface area (Å²) in [5.74, 6) is 0.587. The fourth-order valence-electron chi connectivity index (χ4n) is 4.40. The van der Waals surface area contributed by atoms with Gasteiger partial charge in [-0.1, -0.05) is 87.3 Å². The molecule has 0 spiro atoms. The monoisotopic (exact) mass is 550 g/mol. The molecule has 0 aromatic heterocycles. The third-order valence-corrected chi connectivity index (χ3v) is 7.23. The van der Waals surface area contributed by atoms with Crippen LogP contribution in [0.25, 0.3) is 21.5 Å². The summed E-state index contributed by atoms with van der Waals surface area (Å²) in [5, 5.41) is 5.46. The Kier molecular flexibility index (Phi) is 10.1. The van der Waals surface area contributed by atoms with Crippen molar-refractivity contribution in [2.75, 3.05) is 0 Å². The summed E-state index contributed by atoms with van der Waals surface area (Å²) in [4.78, 5) is 0. The van der Waals surface area contributed by atoms with Crippen molar-refractivity contribution in [3.8, 4) is 0 Å². The van der Waals surface area contributed by atoms with Crippen LogP contribution in [-0.4, -0.2) is 3.21 Å². The molecule has 0 saturated heterocycles.